The topological polar surface area (TPSA) is 14.2 Å². The molecule has 0 spiro atoms. The first-order valence-corrected chi connectivity index (χ1v) is 19.0. The average Bonchev–Trinajstić information content (AvgIpc) is 3.51. The van der Waals surface area contributed by atoms with E-state index < -0.39 is 0 Å². The van der Waals surface area contributed by atoms with Crippen molar-refractivity contribution < 1.29 is 4.74 Å². The van der Waals surface area contributed by atoms with Gasteiger partial charge in [-0.25, -0.2) is 0 Å². The van der Waals surface area contributed by atoms with E-state index in [2.05, 4.69) is 172 Å². The van der Waals surface area contributed by atoms with Crippen molar-refractivity contribution in [1.82, 2.24) is 4.57 Å². The molecule has 1 aromatic heterocycles. The summed E-state index contributed by atoms with van der Waals surface area (Å²) >= 11 is 0. The van der Waals surface area contributed by atoms with Crippen molar-refractivity contribution in [2.45, 2.75) is 72.6 Å². The molecule has 0 saturated carbocycles. The van der Waals surface area contributed by atoms with E-state index in [-0.39, 0.29) is 0 Å². The second kappa shape index (κ2) is 17.8. The predicted octanol–water partition coefficient (Wildman–Crippen LogP) is 13.5. The molecule has 0 amide bonds. The van der Waals surface area contributed by atoms with Crippen LogP contribution in [-0.2, 0) is 17.6 Å². The molecular weight excluding hydrogens is 619 g/mol. The van der Waals surface area contributed by atoms with Gasteiger partial charge in [0.25, 0.3) is 0 Å². The summed E-state index contributed by atoms with van der Waals surface area (Å²) in [4.78, 5) is 0. The van der Waals surface area contributed by atoms with Crippen LogP contribution in [0.2, 0.25) is 0 Å². The fraction of sp³-hybridized carbons (Fsp3) is 0.265. The normalized spacial score (nSPS) is 11.1. The van der Waals surface area contributed by atoms with Gasteiger partial charge in [-0.1, -0.05) is 148 Å². The van der Waals surface area contributed by atoms with Crippen LogP contribution in [0.5, 0.6) is 0 Å². The summed E-state index contributed by atoms with van der Waals surface area (Å²) in [5, 5.41) is 2.59. The van der Waals surface area contributed by atoms with E-state index in [1.165, 1.54) is 104 Å². The third kappa shape index (κ3) is 8.88. The van der Waals surface area contributed by atoms with Crippen molar-refractivity contribution in [1.29, 1.82) is 0 Å². The maximum atomic E-state index is 5.71. The van der Waals surface area contributed by atoms with Crippen LogP contribution in [0.15, 0.2) is 140 Å². The first kappa shape index (κ1) is 35.9. The van der Waals surface area contributed by atoms with E-state index in [1.807, 2.05) is 0 Å². The van der Waals surface area contributed by atoms with E-state index in [4.69, 9.17) is 4.74 Å². The molecule has 0 bridgehead atoms. The van der Waals surface area contributed by atoms with Gasteiger partial charge in [-0.3, -0.25) is 0 Å². The van der Waals surface area contributed by atoms with Gasteiger partial charge >= 0.3 is 0 Å². The maximum Gasteiger partial charge on any atom is 0.0541 e. The molecule has 6 aromatic carbocycles. The van der Waals surface area contributed by atoms with Crippen LogP contribution in [0.4, 0.5) is 0 Å². The molecule has 0 saturated heterocycles. The molecule has 260 valence electrons. The fourth-order valence-corrected chi connectivity index (χ4v) is 6.97. The van der Waals surface area contributed by atoms with Crippen LogP contribution < -0.4 is 0 Å². The minimum absolute atomic E-state index is 0.872. The lowest BCUT2D eigenvalue weighted by Gasteiger charge is -2.14. The highest BCUT2D eigenvalue weighted by Gasteiger charge is 2.12. The highest BCUT2D eigenvalue weighted by atomic mass is 16.5. The third-order valence-corrected chi connectivity index (χ3v) is 9.90. The average molecular weight is 672 g/mol. The number of aryl methyl sites for hydroxylation is 4. The number of hydrogen-bond donors (Lipinski definition) is 0. The predicted molar refractivity (Wildman–Crippen MR) is 220 cm³/mol. The Morgan fingerprint density at radius 2 is 1.10 bits per heavy atom. The minimum atomic E-state index is 0.872. The lowest BCUT2D eigenvalue weighted by atomic mass is 9.91. The van der Waals surface area contributed by atoms with E-state index >= 15 is 0 Å². The molecule has 51 heavy (non-hydrogen) atoms. The van der Waals surface area contributed by atoms with Gasteiger partial charge in [0, 0.05) is 29.7 Å². The molecule has 0 atom stereocenters. The lowest BCUT2D eigenvalue weighted by molar-refractivity contribution is 0.129. The molecule has 0 aliphatic heterocycles. The van der Waals surface area contributed by atoms with Crippen molar-refractivity contribution in [3.05, 3.63) is 162 Å². The van der Waals surface area contributed by atoms with E-state index in [9.17, 15) is 0 Å². The van der Waals surface area contributed by atoms with Gasteiger partial charge in [-0.15, -0.1) is 0 Å². The second-order valence-electron chi connectivity index (χ2n) is 13.8. The number of nitrogens with zero attached hydrogens (tertiary/aromatic N) is 1. The smallest absolute Gasteiger partial charge is 0.0541 e. The quantitative estimate of drug-likeness (QED) is 0.111. The Labute approximate surface area is 305 Å². The van der Waals surface area contributed by atoms with Gasteiger partial charge in [0.15, 0.2) is 0 Å². The zero-order valence-electron chi connectivity index (χ0n) is 31.0. The van der Waals surface area contributed by atoms with Gasteiger partial charge in [0.1, 0.15) is 0 Å². The standard InChI is InChI=1S/C25H19N.C24H34O/c1-18-10-12-19(13-11-18)20-14-16-21(17-15-20)26-24-8-4-2-6-22(24)23-7-3-5-9-25(23)26;1-4-6-13-22-16-15-21(12-10-18-25-17-7-5-2)19-24(22)23-14-9-8-11-20(23)3/h2-17H,1H3;8-9,11,14-16,19H,4-7,10,12-13,17-18H2,1-3H3. The third-order valence-electron chi connectivity index (χ3n) is 9.90. The fourth-order valence-electron chi connectivity index (χ4n) is 6.97. The molecule has 7 aromatic rings. The molecule has 0 N–H and O–H groups in total. The number of ether oxygens (including phenoxy) is 1. The summed E-state index contributed by atoms with van der Waals surface area (Å²) in [6.07, 6.45) is 8.24. The summed E-state index contributed by atoms with van der Waals surface area (Å²) in [6, 6.07) is 50.6. The van der Waals surface area contributed by atoms with Crippen LogP contribution in [0.25, 0.3) is 49.7 Å². The Kier molecular flexibility index (Phi) is 12.6. The zero-order chi connectivity index (χ0) is 35.4. The first-order valence-electron chi connectivity index (χ1n) is 19.0. The maximum absolute atomic E-state index is 5.71. The number of rotatable bonds is 13. The summed E-state index contributed by atoms with van der Waals surface area (Å²) in [5.41, 5.74) is 14.6. The van der Waals surface area contributed by atoms with Crippen molar-refractivity contribution in [3.8, 4) is 27.9 Å². The summed E-state index contributed by atoms with van der Waals surface area (Å²) in [6.45, 7) is 10.6. The highest BCUT2D eigenvalue weighted by Crippen LogP contribution is 2.33. The lowest BCUT2D eigenvalue weighted by Crippen LogP contribution is -1.99. The number of hydrogen-bond acceptors (Lipinski definition) is 1. The zero-order valence-corrected chi connectivity index (χ0v) is 31.0. The molecule has 1 heterocycles. The number of aromatic nitrogens is 1. The van der Waals surface area contributed by atoms with Crippen LogP contribution in [0.1, 0.15) is 68.2 Å². The number of benzene rings is 6. The largest absolute Gasteiger partial charge is 0.381 e. The first-order chi connectivity index (χ1) is 25.1. The molecule has 0 radical (unpaired) electrons. The van der Waals surface area contributed by atoms with Gasteiger partial charge in [0.2, 0.25) is 0 Å². The van der Waals surface area contributed by atoms with Crippen LogP contribution in [0, 0.1) is 13.8 Å². The SMILES string of the molecule is CCCCOCCCc1ccc(CCCC)c(-c2ccccc2C)c1.Cc1ccc(-c2ccc(-n3c4ccccc4c4ccccc43)cc2)cc1. The van der Waals surface area contributed by atoms with E-state index in [1.54, 1.807) is 0 Å². The molecule has 0 fully saturated rings. The van der Waals surface area contributed by atoms with Gasteiger partial charge in [-0.05, 0) is 109 Å². The van der Waals surface area contributed by atoms with Gasteiger partial charge in [-0.2, -0.15) is 0 Å². The van der Waals surface area contributed by atoms with Gasteiger partial charge < -0.3 is 9.30 Å². The summed E-state index contributed by atoms with van der Waals surface area (Å²) in [5.74, 6) is 0. The number of fused-ring (bicyclic) bond motifs is 3. The number of para-hydroxylation sites is 2. The minimum Gasteiger partial charge on any atom is -0.381 e. The Balaban J connectivity index is 0.000000176. The molecule has 2 heteroatoms. The molecule has 7 rings (SSSR count). The second-order valence-corrected chi connectivity index (χ2v) is 13.8. The molecule has 0 unspecified atom stereocenters. The van der Waals surface area contributed by atoms with Crippen molar-refractivity contribution in [2.75, 3.05) is 13.2 Å². The van der Waals surface area contributed by atoms with Crippen LogP contribution >= 0.6 is 0 Å². The highest BCUT2D eigenvalue weighted by molar-refractivity contribution is 6.09. The molecular formula is C49H53NO. The summed E-state index contributed by atoms with van der Waals surface area (Å²) < 4.78 is 8.06. The monoisotopic (exact) mass is 671 g/mol. The molecule has 0 aliphatic carbocycles. The van der Waals surface area contributed by atoms with Crippen molar-refractivity contribution >= 4 is 21.8 Å². The van der Waals surface area contributed by atoms with Crippen molar-refractivity contribution in [3.63, 3.8) is 0 Å². The Hall–Kier alpha value is -4.92. The van der Waals surface area contributed by atoms with Crippen LogP contribution in [-0.4, -0.2) is 17.8 Å². The Bertz CT molecular complexity index is 2080. The van der Waals surface area contributed by atoms with Gasteiger partial charge in [0.05, 0.1) is 11.0 Å². The van der Waals surface area contributed by atoms with E-state index in [0.717, 1.165) is 26.1 Å². The van der Waals surface area contributed by atoms with Crippen molar-refractivity contribution in [2.24, 2.45) is 0 Å². The number of unbranched alkanes of at least 4 members (excludes halogenated alkanes) is 2. The van der Waals surface area contributed by atoms with Crippen LogP contribution in [0.3, 0.4) is 0 Å². The Morgan fingerprint density at radius 3 is 1.75 bits per heavy atom. The molecule has 0 aliphatic rings. The van der Waals surface area contributed by atoms with E-state index in [0.29, 0.717) is 0 Å². The summed E-state index contributed by atoms with van der Waals surface area (Å²) in [7, 11) is 0. The Morgan fingerprint density at radius 1 is 0.510 bits per heavy atom. The molecule has 2 nitrogen and oxygen atoms in total.